The molecule has 0 fully saturated rings. The van der Waals surface area contributed by atoms with Crippen molar-refractivity contribution >= 4 is 0 Å². The maximum absolute atomic E-state index is 11.6. The Morgan fingerprint density at radius 1 is 1.43 bits per heavy atom. The lowest BCUT2D eigenvalue weighted by Gasteiger charge is -2.11. The Bertz CT molecular complexity index is 310. The van der Waals surface area contributed by atoms with Crippen LogP contribution in [0.5, 0.6) is 0 Å². The van der Waals surface area contributed by atoms with Crippen LogP contribution in [-0.2, 0) is 0 Å². The Hall–Kier alpha value is -1.12. The van der Waals surface area contributed by atoms with E-state index in [9.17, 15) is 5.21 Å². The molecular weight excluding hydrogens is 176 g/mol. The molecule has 0 saturated carbocycles. The maximum Gasteiger partial charge on any atom is 0.213 e. The van der Waals surface area contributed by atoms with Gasteiger partial charge in [0.05, 0.1) is 6.20 Å². The average molecular weight is 194 g/mol. The van der Waals surface area contributed by atoms with Crippen LogP contribution >= 0.6 is 0 Å². The summed E-state index contributed by atoms with van der Waals surface area (Å²) >= 11 is 0. The first-order valence-corrected chi connectivity index (χ1v) is 5.15. The number of nitrogens with zero attached hydrogens (tertiary/aromatic N) is 2. The SMILES string of the molecule is CCC(C)c1cnc(C(C)C)c[n+]1[O-]. The smallest absolute Gasteiger partial charge is 0.213 e. The van der Waals surface area contributed by atoms with Crippen molar-refractivity contribution in [3.05, 3.63) is 29.0 Å². The van der Waals surface area contributed by atoms with E-state index in [2.05, 4.69) is 11.9 Å². The van der Waals surface area contributed by atoms with Gasteiger partial charge in [0.15, 0.2) is 0 Å². The highest BCUT2D eigenvalue weighted by atomic mass is 16.5. The molecule has 0 aromatic carbocycles. The summed E-state index contributed by atoms with van der Waals surface area (Å²) < 4.78 is 0.955. The molecule has 14 heavy (non-hydrogen) atoms. The molecule has 1 aromatic heterocycles. The Labute approximate surface area is 85.4 Å². The molecular formula is C11H18N2O. The van der Waals surface area contributed by atoms with Gasteiger partial charge >= 0.3 is 0 Å². The van der Waals surface area contributed by atoms with Gasteiger partial charge in [-0.05, 0) is 6.42 Å². The lowest BCUT2D eigenvalue weighted by Crippen LogP contribution is -2.34. The van der Waals surface area contributed by atoms with E-state index < -0.39 is 0 Å². The first-order valence-electron chi connectivity index (χ1n) is 5.15. The van der Waals surface area contributed by atoms with Crippen LogP contribution in [0, 0.1) is 5.21 Å². The molecule has 1 rings (SSSR count). The molecule has 3 nitrogen and oxygen atoms in total. The second-order valence-corrected chi connectivity index (χ2v) is 4.03. The number of hydrogen-bond donors (Lipinski definition) is 0. The van der Waals surface area contributed by atoms with Crippen molar-refractivity contribution < 1.29 is 4.73 Å². The molecule has 0 spiro atoms. The van der Waals surface area contributed by atoms with Gasteiger partial charge in [0.2, 0.25) is 11.9 Å². The second-order valence-electron chi connectivity index (χ2n) is 4.03. The summed E-state index contributed by atoms with van der Waals surface area (Å²) in [5.74, 6) is 0.586. The Morgan fingerprint density at radius 3 is 2.50 bits per heavy atom. The highest BCUT2D eigenvalue weighted by molar-refractivity contribution is 5.03. The molecule has 1 unspecified atom stereocenters. The highest BCUT2D eigenvalue weighted by Crippen LogP contribution is 2.15. The Kier molecular flexibility index (Phi) is 3.44. The van der Waals surface area contributed by atoms with E-state index in [0.717, 1.165) is 22.5 Å². The van der Waals surface area contributed by atoms with Gasteiger partial charge in [-0.3, -0.25) is 0 Å². The minimum atomic E-state index is 0.279. The van der Waals surface area contributed by atoms with Crippen LogP contribution in [0.3, 0.4) is 0 Å². The third-order valence-corrected chi connectivity index (χ3v) is 2.56. The standard InChI is InChI=1S/C11H18N2O/c1-5-9(4)11-6-12-10(8(2)3)7-13(11)14/h6-9H,5H2,1-4H3. The van der Waals surface area contributed by atoms with Gasteiger partial charge in [-0.15, -0.1) is 0 Å². The molecule has 0 saturated heterocycles. The van der Waals surface area contributed by atoms with Crippen molar-refractivity contribution in [3.63, 3.8) is 0 Å². The molecule has 1 heterocycles. The second kappa shape index (κ2) is 4.40. The Balaban J connectivity index is 3.01. The summed E-state index contributed by atoms with van der Waals surface area (Å²) in [5.41, 5.74) is 1.61. The summed E-state index contributed by atoms with van der Waals surface area (Å²) in [5, 5.41) is 11.6. The summed E-state index contributed by atoms with van der Waals surface area (Å²) in [6.45, 7) is 8.18. The summed E-state index contributed by atoms with van der Waals surface area (Å²) in [7, 11) is 0. The van der Waals surface area contributed by atoms with Crippen LogP contribution in [-0.4, -0.2) is 4.98 Å². The van der Waals surface area contributed by atoms with Crippen molar-refractivity contribution in [2.75, 3.05) is 0 Å². The fraction of sp³-hybridized carbons (Fsp3) is 0.636. The fourth-order valence-corrected chi connectivity index (χ4v) is 1.28. The van der Waals surface area contributed by atoms with Gasteiger partial charge in [0, 0.05) is 11.8 Å². The monoisotopic (exact) mass is 194 g/mol. The van der Waals surface area contributed by atoms with Gasteiger partial charge in [-0.25, -0.2) is 4.98 Å². The van der Waals surface area contributed by atoms with Crippen LogP contribution in [0.1, 0.15) is 57.3 Å². The van der Waals surface area contributed by atoms with Crippen molar-refractivity contribution in [1.29, 1.82) is 0 Å². The van der Waals surface area contributed by atoms with Crippen molar-refractivity contribution in [2.45, 2.75) is 46.0 Å². The van der Waals surface area contributed by atoms with E-state index in [-0.39, 0.29) is 5.92 Å². The number of aromatic nitrogens is 2. The van der Waals surface area contributed by atoms with Crippen molar-refractivity contribution in [1.82, 2.24) is 4.98 Å². The van der Waals surface area contributed by atoms with E-state index >= 15 is 0 Å². The quantitative estimate of drug-likeness (QED) is 0.547. The molecule has 0 N–H and O–H groups in total. The Morgan fingerprint density at radius 2 is 2.07 bits per heavy atom. The normalized spacial score (nSPS) is 13.2. The zero-order valence-corrected chi connectivity index (χ0v) is 9.32. The molecule has 0 radical (unpaired) electrons. The molecule has 0 amide bonds. The summed E-state index contributed by atoms with van der Waals surface area (Å²) in [4.78, 5) is 4.29. The third kappa shape index (κ3) is 2.22. The van der Waals surface area contributed by atoms with Gasteiger partial charge in [-0.2, -0.15) is 4.73 Å². The number of hydrogen-bond acceptors (Lipinski definition) is 2. The lowest BCUT2D eigenvalue weighted by atomic mass is 10.1. The minimum Gasteiger partial charge on any atom is -0.618 e. The van der Waals surface area contributed by atoms with E-state index in [1.165, 1.54) is 0 Å². The molecule has 0 aliphatic carbocycles. The third-order valence-electron chi connectivity index (χ3n) is 2.56. The maximum atomic E-state index is 11.6. The average Bonchev–Trinajstić information content (AvgIpc) is 2.16. The summed E-state index contributed by atoms with van der Waals surface area (Å²) in [6.07, 6.45) is 4.26. The molecule has 0 bridgehead atoms. The van der Waals surface area contributed by atoms with Gasteiger partial charge < -0.3 is 5.21 Å². The topological polar surface area (TPSA) is 39.8 Å². The number of rotatable bonds is 3. The van der Waals surface area contributed by atoms with Gasteiger partial charge in [-0.1, -0.05) is 27.7 Å². The molecule has 1 atom stereocenters. The van der Waals surface area contributed by atoms with Gasteiger partial charge in [0.25, 0.3) is 0 Å². The fourth-order valence-electron chi connectivity index (χ4n) is 1.28. The van der Waals surface area contributed by atoms with Gasteiger partial charge in [0.1, 0.15) is 5.69 Å². The van der Waals surface area contributed by atoms with Crippen molar-refractivity contribution in [3.8, 4) is 0 Å². The van der Waals surface area contributed by atoms with Crippen LogP contribution in [0.2, 0.25) is 0 Å². The highest BCUT2D eigenvalue weighted by Gasteiger charge is 2.15. The van der Waals surface area contributed by atoms with E-state index in [4.69, 9.17) is 0 Å². The van der Waals surface area contributed by atoms with E-state index in [0.29, 0.717) is 5.92 Å². The first-order chi connectivity index (χ1) is 6.56. The van der Waals surface area contributed by atoms with E-state index in [1.807, 2.05) is 20.8 Å². The molecule has 1 aromatic rings. The molecule has 3 heteroatoms. The lowest BCUT2D eigenvalue weighted by molar-refractivity contribution is -0.616. The van der Waals surface area contributed by atoms with Crippen LogP contribution in [0.15, 0.2) is 12.4 Å². The zero-order chi connectivity index (χ0) is 10.7. The van der Waals surface area contributed by atoms with Crippen LogP contribution in [0.25, 0.3) is 0 Å². The van der Waals surface area contributed by atoms with Crippen LogP contribution < -0.4 is 4.73 Å². The zero-order valence-electron chi connectivity index (χ0n) is 9.32. The molecule has 78 valence electrons. The van der Waals surface area contributed by atoms with Crippen molar-refractivity contribution in [2.24, 2.45) is 0 Å². The van der Waals surface area contributed by atoms with Crippen LogP contribution in [0.4, 0.5) is 0 Å². The molecule has 0 aliphatic rings. The first kappa shape index (κ1) is 11.0. The minimum absolute atomic E-state index is 0.279. The predicted octanol–water partition coefficient (Wildman–Crippen LogP) is 2.35. The molecule has 0 aliphatic heterocycles. The summed E-state index contributed by atoms with van der Waals surface area (Å²) in [6, 6.07) is 0. The largest absolute Gasteiger partial charge is 0.618 e. The predicted molar refractivity (Wildman–Crippen MR) is 56.0 cm³/mol. The van der Waals surface area contributed by atoms with E-state index in [1.54, 1.807) is 12.4 Å².